The first-order chi connectivity index (χ1) is 11.2. The van der Waals surface area contributed by atoms with Crippen molar-refractivity contribution in [2.24, 2.45) is 11.1 Å². The molecule has 0 bridgehead atoms. The summed E-state index contributed by atoms with van der Waals surface area (Å²) in [7, 11) is 2.59. The highest BCUT2D eigenvalue weighted by atomic mass is 16.7. The second-order valence-electron chi connectivity index (χ2n) is 5.98. The summed E-state index contributed by atoms with van der Waals surface area (Å²) in [5.41, 5.74) is 4.77. The highest BCUT2D eigenvalue weighted by Gasteiger charge is 2.51. The molecule has 1 aliphatic rings. The molecule has 2 N–H and O–H groups in total. The zero-order valence-corrected chi connectivity index (χ0v) is 14.0. The largest absolute Gasteiger partial charge is 0.469 e. The molecule has 0 amide bonds. The Hall–Kier alpha value is -3.02. The number of nitrogens with zero attached hydrogens (tertiary/aromatic N) is 3. The third kappa shape index (κ3) is 3.48. The summed E-state index contributed by atoms with van der Waals surface area (Å²) in [6.45, 7) is 3.54. The van der Waals surface area contributed by atoms with Crippen molar-refractivity contribution >= 4 is 5.97 Å². The van der Waals surface area contributed by atoms with Crippen LogP contribution in [0.2, 0.25) is 0 Å². The Morgan fingerprint density at radius 1 is 1.29 bits per heavy atom. The van der Waals surface area contributed by atoms with E-state index in [1.54, 1.807) is 32.1 Å². The molecule has 0 aromatic carbocycles. The number of methoxy groups -OCH3 is 2. The maximum Gasteiger partial charge on any atom is 0.306 e. The van der Waals surface area contributed by atoms with E-state index in [4.69, 9.17) is 20.5 Å². The van der Waals surface area contributed by atoms with Gasteiger partial charge in [-0.1, -0.05) is 13.8 Å². The van der Waals surface area contributed by atoms with Gasteiger partial charge < -0.3 is 19.9 Å². The predicted molar refractivity (Wildman–Crippen MR) is 80.9 cm³/mol. The van der Waals surface area contributed by atoms with E-state index in [2.05, 4.69) is 4.74 Å². The summed E-state index contributed by atoms with van der Waals surface area (Å²) in [6, 6.07) is 5.26. The van der Waals surface area contributed by atoms with Crippen LogP contribution in [0.25, 0.3) is 0 Å². The standard InChI is InChI=1S/C16H18N4O4/c1-15(2,5-12(21)22-3)9-16(23-4)13(10(6-17)7-18)14(20)11(8-19)24-16/h5,9,20H2,1-4H3/t16-/m0/s1. The molecular formula is C16H18N4O4. The first-order valence-electron chi connectivity index (χ1n) is 6.96. The molecule has 0 radical (unpaired) electrons. The number of nitrogens with two attached hydrogens (primary N) is 1. The van der Waals surface area contributed by atoms with Crippen LogP contribution in [0.1, 0.15) is 26.7 Å². The highest BCUT2D eigenvalue weighted by Crippen LogP contribution is 2.46. The molecule has 0 aromatic heterocycles. The second kappa shape index (κ2) is 7.04. The van der Waals surface area contributed by atoms with Crippen molar-refractivity contribution in [3.8, 4) is 18.2 Å². The van der Waals surface area contributed by atoms with E-state index in [1.807, 2.05) is 0 Å². The van der Waals surface area contributed by atoms with E-state index in [-0.39, 0.29) is 35.4 Å². The van der Waals surface area contributed by atoms with Crippen molar-refractivity contribution < 1.29 is 19.0 Å². The molecule has 0 saturated heterocycles. The van der Waals surface area contributed by atoms with Crippen LogP contribution in [0, 0.1) is 39.4 Å². The summed E-state index contributed by atoms with van der Waals surface area (Å²) in [4.78, 5) is 11.6. The molecule has 0 fully saturated rings. The van der Waals surface area contributed by atoms with Gasteiger partial charge >= 0.3 is 5.97 Å². The summed E-state index contributed by atoms with van der Waals surface area (Å²) < 4.78 is 15.7. The molecule has 1 heterocycles. The molecule has 0 unspecified atom stereocenters. The quantitative estimate of drug-likeness (QED) is 0.588. The molecule has 8 heteroatoms. The number of ether oxygens (including phenoxy) is 3. The maximum atomic E-state index is 11.6. The second-order valence-corrected chi connectivity index (χ2v) is 5.98. The Bertz CT molecular complexity index is 715. The molecule has 1 aliphatic heterocycles. The molecule has 1 atom stereocenters. The van der Waals surface area contributed by atoms with E-state index in [1.165, 1.54) is 14.2 Å². The van der Waals surface area contributed by atoms with Gasteiger partial charge in [0.2, 0.25) is 11.5 Å². The molecule has 126 valence electrons. The number of nitriles is 3. The average Bonchev–Trinajstić information content (AvgIpc) is 2.81. The Morgan fingerprint density at radius 2 is 1.88 bits per heavy atom. The van der Waals surface area contributed by atoms with Gasteiger partial charge in [0.25, 0.3) is 0 Å². The number of carbonyl (C=O) groups is 1. The van der Waals surface area contributed by atoms with Crippen LogP contribution in [0.5, 0.6) is 0 Å². The van der Waals surface area contributed by atoms with E-state index in [0.29, 0.717) is 0 Å². The van der Waals surface area contributed by atoms with Gasteiger partial charge in [-0.3, -0.25) is 4.79 Å². The van der Waals surface area contributed by atoms with Crippen LogP contribution in [-0.4, -0.2) is 26.0 Å². The summed E-state index contributed by atoms with van der Waals surface area (Å²) in [5, 5.41) is 27.6. The Balaban J connectivity index is 3.44. The number of hydrogen-bond acceptors (Lipinski definition) is 8. The minimum absolute atomic E-state index is 0.00416. The molecule has 8 nitrogen and oxygen atoms in total. The molecule has 0 saturated carbocycles. The molecule has 24 heavy (non-hydrogen) atoms. The van der Waals surface area contributed by atoms with E-state index in [0.717, 1.165) is 0 Å². The predicted octanol–water partition coefficient (Wildman–Crippen LogP) is 1.38. The van der Waals surface area contributed by atoms with E-state index >= 15 is 0 Å². The van der Waals surface area contributed by atoms with Crippen molar-refractivity contribution in [3.05, 3.63) is 22.6 Å². The van der Waals surface area contributed by atoms with Crippen molar-refractivity contribution in [3.63, 3.8) is 0 Å². The third-order valence-corrected chi connectivity index (χ3v) is 3.63. The zero-order chi connectivity index (χ0) is 18.5. The van der Waals surface area contributed by atoms with Gasteiger partial charge in [-0.25, -0.2) is 0 Å². The maximum absolute atomic E-state index is 11.6. The molecule has 0 spiro atoms. The first kappa shape index (κ1) is 19.0. The van der Waals surface area contributed by atoms with Gasteiger partial charge in [-0.2, -0.15) is 15.8 Å². The molecule has 0 aromatic rings. The van der Waals surface area contributed by atoms with E-state index in [9.17, 15) is 15.3 Å². The fraction of sp³-hybridized carbons (Fsp3) is 0.500. The lowest BCUT2D eigenvalue weighted by Gasteiger charge is -2.36. The molecular weight excluding hydrogens is 312 g/mol. The normalized spacial score (nSPS) is 19.8. The van der Waals surface area contributed by atoms with Crippen molar-refractivity contribution in [2.45, 2.75) is 32.5 Å². The average molecular weight is 330 g/mol. The third-order valence-electron chi connectivity index (χ3n) is 3.63. The summed E-state index contributed by atoms with van der Waals surface area (Å²) in [5.74, 6) is -2.27. The SMILES string of the molecule is COC(=O)CC(C)(C)C[C@]1(OC)OC(C#N)=C(N)C1=C(C#N)C#N. The van der Waals surface area contributed by atoms with Gasteiger partial charge in [-0.05, 0) is 5.41 Å². The number of carbonyl (C=O) groups excluding carboxylic acids is 1. The lowest BCUT2D eigenvalue weighted by Crippen LogP contribution is -2.40. The number of rotatable bonds is 5. The Kier molecular flexibility index (Phi) is 5.58. The zero-order valence-electron chi connectivity index (χ0n) is 14.0. The van der Waals surface area contributed by atoms with Gasteiger partial charge in [0.1, 0.15) is 23.8 Å². The summed E-state index contributed by atoms with van der Waals surface area (Å²) >= 11 is 0. The van der Waals surface area contributed by atoms with Crippen LogP contribution in [0.15, 0.2) is 22.6 Å². The van der Waals surface area contributed by atoms with Gasteiger partial charge in [0.05, 0.1) is 24.8 Å². The number of allylic oxidation sites excluding steroid dienone is 2. The highest BCUT2D eigenvalue weighted by molar-refractivity contribution is 5.70. The lowest BCUT2D eigenvalue weighted by molar-refractivity contribution is -0.178. The lowest BCUT2D eigenvalue weighted by atomic mass is 9.79. The van der Waals surface area contributed by atoms with Crippen LogP contribution < -0.4 is 5.73 Å². The Labute approximate surface area is 140 Å². The minimum atomic E-state index is -1.60. The molecule has 0 aliphatic carbocycles. The topological polar surface area (TPSA) is 142 Å². The molecule has 1 rings (SSSR count). The van der Waals surface area contributed by atoms with Crippen LogP contribution in [0.4, 0.5) is 0 Å². The van der Waals surface area contributed by atoms with Crippen molar-refractivity contribution in [1.82, 2.24) is 0 Å². The van der Waals surface area contributed by atoms with Gasteiger partial charge in [-0.15, -0.1) is 0 Å². The fourth-order valence-corrected chi connectivity index (χ4v) is 2.63. The minimum Gasteiger partial charge on any atom is -0.469 e. The van der Waals surface area contributed by atoms with Crippen LogP contribution in [-0.2, 0) is 19.0 Å². The summed E-state index contributed by atoms with van der Waals surface area (Å²) in [6.07, 6.45) is 0.112. The van der Waals surface area contributed by atoms with Gasteiger partial charge in [0.15, 0.2) is 0 Å². The Morgan fingerprint density at radius 3 is 2.29 bits per heavy atom. The first-order valence-corrected chi connectivity index (χ1v) is 6.96. The van der Waals surface area contributed by atoms with Crippen LogP contribution in [0.3, 0.4) is 0 Å². The van der Waals surface area contributed by atoms with Gasteiger partial charge in [0, 0.05) is 13.5 Å². The van der Waals surface area contributed by atoms with Crippen molar-refractivity contribution in [1.29, 1.82) is 15.8 Å². The van der Waals surface area contributed by atoms with E-state index < -0.39 is 17.2 Å². The fourth-order valence-electron chi connectivity index (χ4n) is 2.63. The number of esters is 1. The smallest absolute Gasteiger partial charge is 0.306 e. The van der Waals surface area contributed by atoms with Crippen LogP contribution >= 0.6 is 0 Å². The van der Waals surface area contributed by atoms with Crippen molar-refractivity contribution in [2.75, 3.05) is 14.2 Å². The number of hydrogen-bond donors (Lipinski definition) is 1. The monoisotopic (exact) mass is 330 g/mol.